The summed E-state index contributed by atoms with van der Waals surface area (Å²) in [5.41, 5.74) is 6.15. The van der Waals surface area contributed by atoms with Gasteiger partial charge < -0.3 is 10.2 Å². The molecule has 88 valence electrons. The quantitative estimate of drug-likeness (QED) is 0.736. The van der Waals surface area contributed by atoms with Crippen molar-refractivity contribution >= 4 is 8.32 Å². The van der Waals surface area contributed by atoms with Crippen LogP contribution in [0.15, 0.2) is 0 Å². The van der Waals surface area contributed by atoms with Crippen molar-refractivity contribution in [1.82, 2.24) is 0 Å². The summed E-state index contributed by atoms with van der Waals surface area (Å²) in [4.78, 5) is 0. The fourth-order valence-electron chi connectivity index (χ4n) is 2.44. The van der Waals surface area contributed by atoms with E-state index in [1.165, 1.54) is 12.8 Å². The van der Waals surface area contributed by atoms with E-state index in [0.717, 1.165) is 11.8 Å². The zero-order valence-electron chi connectivity index (χ0n) is 10.7. The lowest BCUT2D eigenvalue weighted by molar-refractivity contribution is 0.148. The van der Waals surface area contributed by atoms with Crippen molar-refractivity contribution in [3.63, 3.8) is 0 Å². The third-order valence-electron chi connectivity index (χ3n) is 4.63. The van der Waals surface area contributed by atoms with Crippen LogP contribution in [-0.2, 0) is 4.43 Å². The van der Waals surface area contributed by atoms with Gasteiger partial charge in [-0.05, 0) is 42.8 Å². The van der Waals surface area contributed by atoms with Crippen LogP contribution in [0.2, 0.25) is 18.1 Å². The fraction of sp³-hybridized carbons (Fsp3) is 1.00. The molecule has 0 radical (unpaired) electrons. The smallest absolute Gasteiger partial charge is 0.192 e. The molecule has 2 N–H and O–H groups in total. The molecule has 0 saturated heterocycles. The minimum absolute atomic E-state index is 0.305. The number of rotatable bonds is 2. The lowest BCUT2D eigenvalue weighted by atomic mass is 10.1. The Bertz CT molecular complexity index is 257. The summed E-state index contributed by atoms with van der Waals surface area (Å²) in [7, 11) is -1.61. The highest BCUT2D eigenvalue weighted by atomic mass is 28.4. The molecule has 0 aliphatic heterocycles. The molecule has 0 bridgehead atoms. The van der Waals surface area contributed by atoms with Gasteiger partial charge in [-0.2, -0.15) is 0 Å². The summed E-state index contributed by atoms with van der Waals surface area (Å²) < 4.78 is 6.44. The van der Waals surface area contributed by atoms with E-state index in [1.54, 1.807) is 0 Å². The molecule has 2 saturated carbocycles. The Morgan fingerprint density at radius 1 is 1.20 bits per heavy atom. The summed E-state index contributed by atoms with van der Waals surface area (Å²) >= 11 is 0. The molecule has 15 heavy (non-hydrogen) atoms. The van der Waals surface area contributed by atoms with Gasteiger partial charge in [-0.3, -0.25) is 0 Å². The Kier molecular flexibility index (Phi) is 2.57. The van der Waals surface area contributed by atoms with E-state index in [-0.39, 0.29) is 0 Å². The Labute approximate surface area is 94.7 Å². The predicted octanol–water partition coefficient (Wildman–Crippen LogP) is 2.74. The van der Waals surface area contributed by atoms with Gasteiger partial charge in [0, 0.05) is 6.04 Å². The van der Waals surface area contributed by atoms with Gasteiger partial charge in [-0.15, -0.1) is 0 Å². The molecule has 0 aromatic heterocycles. The molecule has 0 heterocycles. The maximum atomic E-state index is 6.44. The largest absolute Gasteiger partial charge is 0.412 e. The highest BCUT2D eigenvalue weighted by Gasteiger charge is 2.55. The normalized spacial score (nSPS) is 40.4. The summed E-state index contributed by atoms with van der Waals surface area (Å²) in [6.45, 7) is 11.5. The van der Waals surface area contributed by atoms with Crippen LogP contribution in [0.4, 0.5) is 0 Å². The van der Waals surface area contributed by atoms with Gasteiger partial charge in [-0.1, -0.05) is 20.8 Å². The fourth-order valence-corrected chi connectivity index (χ4v) is 3.82. The Morgan fingerprint density at radius 3 is 2.20 bits per heavy atom. The van der Waals surface area contributed by atoms with Crippen molar-refractivity contribution < 1.29 is 4.43 Å². The van der Waals surface area contributed by atoms with Crippen LogP contribution >= 0.6 is 0 Å². The molecule has 4 atom stereocenters. The van der Waals surface area contributed by atoms with Crippen molar-refractivity contribution in [2.24, 2.45) is 17.6 Å². The third-order valence-corrected chi connectivity index (χ3v) is 9.11. The first kappa shape index (κ1) is 11.6. The molecular formula is C12H25NOSi. The number of fused-ring (bicyclic) bond motifs is 1. The lowest BCUT2D eigenvalue weighted by Crippen LogP contribution is -2.48. The predicted molar refractivity (Wildman–Crippen MR) is 66.3 cm³/mol. The van der Waals surface area contributed by atoms with E-state index >= 15 is 0 Å². The van der Waals surface area contributed by atoms with E-state index < -0.39 is 8.32 Å². The second-order valence-electron chi connectivity index (χ2n) is 6.90. The molecule has 2 fully saturated rings. The first-order valence-electron chi connectivity index (χ1n) is 6.16. The topological polar surface area (TPSA) is 35.2 Å². The van der Waals surface area contributed by atoms with Gasteiger partial charge in [0.1, 0.15) is 0 Å². The highest BCUT2D eigenvalue weighted by Crippen LogP contribution is 2.54. The second-order valence-corrected chi connectivity index (χ2v) is 11.7. The van der Waals surface area contributed by atoms with Crippen LogP contribution in [0, 0.1) is 11.8 Å². The molecule has 0 unspecified atom stereocenters. The molecule has 0 aromatic rings. The van der Waals surface area contributed by atoms with E-state index in [0.29, 0.717) is 17.2 Å². The van der Waals surface area contributed by atoms with Gasteiger partial charge in [0.2, 0.25) is 0 Å². The molecule has 3 heteroatoms. The zero-order chi connectivity index (χ0) is 11.4. The maximum Gasteiger partial charge on any atom is 0.192 e. The van der Waals surface area contributed by atoms with Crippen molar-refractivity contribution in [2.75, 3.05) is 0 Å². The molecule has 2 aliphatic rings. The van der Waals surface area contributed by atoms with Crippen molar-refractivity contribution in [3.05, 3.63) is 0 Å². The van der Waals surface area contributed by atoms with Gasteiger partial charge in [0.25, 0.3) is 0 Å². The van der Waals surface area contributed by atoms with E-state index in [2.05, 4.69) is 33.9 Å². The summed E-state index contributed by atoms with van der Waals surface area (Å²) in [5, 5.41) is 0.305. The van der Waals surface area contributed by atoms with Crippen LogP contribution in [-0.4, -0.2) is 20.5 Å². The summed E-state index contributed by atoms with van der Waals surface area (Å²) in [6.07, 6.45) is 2.94. The maximum absolute atomic E-state index is 6.44. The summed E-state index contributed by atoms with van der Waals surface area (Å²) in [5.74, 6) is 1.70. The Balaban J connectivity index is 2.02. The van der Waals surface area contributed by atoms with Gasteiger partial charge in [0.15, 0.2) is 8.32 Å². The van der Waals surface area contributed by atoms with Crippen LogP contribution in [0.3, 0.4) is 0 Å². The van der Waals surface area contributed by atoms with Crippen LogP contribution < -0.4 is 5.73 Å². The molecule has 0 amide bonds. The number of nitrogens with two attached hydrogens (primary N) is 1. The van der Waals surface area contributed by atoms with Gasteiger partial charge in [0.05, 0.1) is 6.10 Å². The minimum atomic E-state index is -1.61. The SMILES string of the molecule is CC(C)(C)[Si](C)(C)O[C@@H]1[C@H]2C[C@@H]2C[C@@H]1N. The molecule has 2 rings (SSSR count). The van der Waals surface area contributed by atoms with E-state index in [9.17, 15) is 0 Å². The van der Waals surface area contributed by atoms with Gasteiger partial charge >= 0.3 is 0 Å². The molecule has 0 aromatic carbocycles. The third kappa shape index (κ3) is 2.02. The average molecular weight is 227 g/mol. The lowest BCUT2D eigenvalue weighted by Gasteiger charge is -2.40. The summed E-state index contributed by atoms with van der Waals surface area (Å²) in [6, 6.07) is 0.308. The first-order valence-corrected chi connectivity index (χ1v) is 9.06. The van der Waals surface area contributed by atoms with E-state index in [1.807, 2.05) is 0 Å². The Morgan fingerprint density at radius 2 is 1.80 bits per heavy atom. The average Bonchev–Trinajstić information content (AvgIpc) is 2.71. The van der Waals surface area contributed by atoms with Crippen molar-refractivity contribution in [1.29, 1.82) is 0 Å². The zero-order valence-corrected chi connectivity index (χ0v) is 11.7. The molecular weight excluding hydrogens is 202 g/mol. The number of hydrogen-bond donors (Lipinski definition) is 1. The molecule has 2 aliphatic carbocycles. The van der Waals surface area contributed by atoms with Crippen LogP contribution in [0.1, 0.15) is 33.6 Å². The van der Waals surface area contributed by atoms with Crippen LogP contribution in [0.5, 0.6) is 0 Å². The molecule has 0 spiro atoms. The first-order chi connectivity index (χ1) is 6.72. The highest BCUT2D eigenvalue weighted by molar-refractivity contribution is 6.74. The number of hydrogen-bond acceptors (Lipinski definition) is 2. The van der Waals surface area contributed by atoms with Crippen LogP contribution in [0.25, 0.3) is 0 Å². The van der Waals surface area contributed by atoms with E-state index in [4.69, 9.17) is 10.2 Å². The van der Waals surface area contributed by atoms with Crippen molar-refractivity contribution in [2.45, 2.75) is 63.9 Å². The second kappa shape index (κ2) is 3.31. The monoisotopic (exact) mass is 227 g/mol. The van der Waals surface area contributed by atoms with Crippen molar-refractivity contribution in [3.8, 4) is 0 Å². The minimum Gasteiger partial charge on any atom is -0.412 e. The van der Waals surface area contributed by atoms with Gasteiger partial charge in [-0.25, -0.2) is 0 Å². The Hall–Kier alpha value is 0.137. The standard InChI is InChI=1S/C12H25NOSi/c1-12(2,3)15(4,5)14-11-9-6-8(9)7-10(11)13/h8-11H,6-7,13H2,1-5H3/t8-,9+,10+,11-/m1/s1. The molecule has 2 nitrogen and oxygen atoms in total.